The van der Waals surface area contributed by atoms with Gasteiger partial charge in [-0.1, -0.05) is 31.0 Å². The van der Waals surface area contributed by atoms with Crippen LogP contribution in [0.3, 0.4) is 0 Å². The number of carboxylic acids is 1. The number of hydrogen-bond acceptors (Lipinski definition) is 6. The van der Waals surface area contributed by atoms with Crippen LogP contribution in [0.2, 0.25) is 6.32 Å². The highest BCUT2D eigenvalue weighted by atomic mass is 19.4. The fourth-order valence-electron chi connectivity index (χ4n) is 4.43. The summed E-state index contributed by atoms with van der Waals surface area (Å²) in [4.78, 5) is 17.5. The molecule has 7 nitrogen and oxygen atoms in total. The van der Waals surface area contributed by atoms with Crippen LogP contribution in [0.1, 0.15) is 37.8 Å². The van der Waals surface area contributed by atoms with Crippen molar-refractivity contribution in [2.24, 2.45) is 11.7 Å². The van der Waals surface area contributed by atoms with Crippen LogP contribution < -0.4 is 10.6 Å². The number of para-hydroxylation sites is 1. The van der Waals surface area contributed by atoms with Gasteiger partial charge in [-0.25, -0.2) is 4.98 Å². The average Bonchev–Trinajstić information content (AvgIpc) is 2.75. The number of carbonyl (C=O) groups is 1. The van der Waals surface area contributed by atoms with Gasteiger partial charge in [0.05, 0.1) is 5.52 Å². The topological polar surface area (TPSA) is 120 Å². The number of unbranched alkanes of at least 4 members (excludes halogenated alkanes) is 1. The van der Waals surface area contributed by atoms with Crippen molar-refractivity contribution in [1.82, 2.24) is 4.98 Å². The third kappa shape index (κ3) is 5.33. The Bertz CT molecular complexity index is 952. The van der Waals surface area contributed by atoms with E-state index < -0.39 is 30.5 Å². The number of pyridine rings is 1. The molecule has 1 fully saturated rings. The normalized spacial score (nSPS) is 17.4. The highest BCUT2D eigenvalue weighted by Gasteiger charge is 2.43. The van der Waals surface area contributed by atoms with Gasteiger partial charge in [0.1, 0.15) is 11.2 Å². The number of nitrogens with zero attached hydrogens (tertiary/aromatic N) is 2. The summed E-state index contributed by atoms with van der Waals surface area (Å²) in [5.41, 5.74) is 4.54. The lowest BCUT2D eigenvalue weighted by atomic mass is 9.74. The highest BCUT2D eigenvalue weighted by Crippen LogP contribution is 2.38. The Balaban J connectivity index is 1.77. The first-order valence-corrected chi connectivity index (χ1v) is 10.6. The minimum atomic E-state index is -4.57. The van der Waals surface area contributed by atoms with Crippen molar-refractivity contribution in [3.8, 4) is 0 Å². The molecule has 2 aromatic rings. The third-order valence-corrected chi connectivity index (χ3v) is 6.25. The van der Waals surface area contributed by atoms with E-state index in [1.165, 1.54) is 0 Å². The van der Waals surface area contributed by atoms with Gasteiger partial charge in [0, 0.05) is 24.2 Å². The molecule has 1 aliphatic rings. The Morgan fingerprint density at radius 1 is 1.19 bits per heavy atom. The van der Waals surface area contributed by atoms with E-state index in [9.17, 15) is 23.1 Å². The second-order valence-electron chi connectivity index (χ2n) is 8.37. The molecule has 174 valence electrons. The zero-order valence-corrected chi connectivity index (χ0v) is 17.6. The molecule has 0 radical (unpaired) electrons. The van der Waals surface area contributed by atoms with Crippen LogP contribution >= 0.6 is 0 Å². The predicted octanol–water partition coefficient (Wildman–Crippen LogP) is 2.90. The molecule has 0 saturated carbocycles. The van der Waals surface area contributed by atoms with Gasteiger partial charge in [-0.15, -0.1) is 0 Å². The van der Waals surface area contributed by atoms with Gasteiger partial charge in [-0.3, -0.25) is 4.79 Å². The minimum absolute atomic E-state index is 0.144. The summed E-state index contributed by atoms with van der Waals surface area (Å²) in [6.45, 7) is 0.745. The molecule has 5 N–H and O–H groups in total. The molecule has 1 aromatic heterocycles. The van der Waals surface area contributed by atoms with Gasteiger partial charge in [0.2, 0.25) is 0 Å². The number of anilines is 1. The number of fused-ring (bicyclic) bond motifs is 1. The smallest absolute Gasteiger partial charge is 0.451 e. The van der Waals surface area contributed by atoms with E-state index in [1.54, 1.807) is 24.3 Å². The molecule has 11 heteroatoms. The lowest BCUT2D eigenvalue weighted by Gasteiger charge is -2.41. The Hall–Kier alpha value is -2.37. The van der Waals surface area contributed by atoms with E-state index in [-0.39, 0.29) is 24.2 Å². The number of carboxylic acid groups (broad SMARTS) is 1. The average molecular weight is 453 g/mol. The van der Waals surface area contributed by atoms with Crippen LogP contribution in [0.4, 0.5) is 18.9 Å². The van der Waals surface area contributed by atoms with E-state index in [2.05, 4.69) is 4.98 Å². The monoisotopic (exact) mass is 453 g/mol. The Labute approximate surface area is 184 Å². The van der Waals surface area contributed by atoms with Crippen LogP contribution in [0, 0.1) is 5.92 Å². The fraction of sp³-hybridized carbons (Fsp3) is 0.524. The Kier molecular flexibility index (Phi) is 7.31. The van der Waals surface area contributed by atoms with Crippen LogP contribution in [0.25, 0.3) is 10.9 Å². The Morgan fingerprint density at radius 3 is 2.44 bits per heavy atom. The molecule has 0 bridgehead atoms. The number of halogens is 3. The molecule has 1 saturated heterocycles. The molecule has 0 amide bonds. The molecular formula is C21H27BF3N3O4. The van der Waals surface area contributed by atoms with Crippen LogP contribution in [-0.2, 0) is 11.0 Å². The maximum atomic E-state index is 13.4. The van der Waals surface area contributed by atoms with E-state index in [0.717, 1.165) is 6.07 Å². The summed E-state index contributed by atoms with van der Waals surface area (Å²) in [6.07, 6.45) is -2.53. The van der Waals surface area contributed by atoms with Gasteiger partial charge >= 0.3 is 19.3 Å². The predicted molar refractivity (Wildman–Crippen MR) is 115 cm³/mol. The maximum absolute atomic E-state index is 13.4. The van der Waals surface area contributed by atoms with Gasteiger partial charge in [0.15, 0.2) is 0 Å². The number of nitrogens with two attached hydrogens (primary N) is 1. The molecule has 0 aliphatic carbocycles. The summed E-state index contributed by atoms with van der Waals surface area (Å²) in [5.74, 6) is -1.46. The lowest BCUT2D eigenvalue weighted by Crippen LogP contribution is -2.57. The second-order valence-corrected chi connectivity index (χ2v) is 8.37. The van der Waals surface area contributed by atoms with Crippen molar-refractivity contribution in [2.75, 3.05) is 18.0 Å². The van der Waals surface area contributed by atoms with Crippen molar-refractivity contribution >= 4 is 29.7 Å². The summed E-state index contributed by atoms with van der Waals surface area (Å²) >= 11 is 0. The number of aliphatic carboxylic acids is 1. The molecule has 2 heterocycles. The lowest BCUT2D eigenvalue weighted by molar-refractivity contribution is -0.146. The third-order valence-electron chi connectivity index (χ3n) is 6.25. The van der Waals surface area contributed by atoms with Crippen molar-refractivity contribution in [3.05, 3.63) is 36.0 Å². The Morgan fingerprint density at radius 2 is 1.84 bits per heavy atom. The van der Waals surface area contributed by atoms with E-state index in [4.69, 9.17) is 15.8 Å². The summed E-state index contributed by atoms with van der Waals surface area (Å²) in [7, 11) is -1.44. The second kappa shape index (κ2) is 9.64. The number of piperidine rings is 1. The molecule has 1 atom stereocenters. The van der Waals surface area contributed by atoms with E-state index in [1.807, 2.05) is 4.90 Å². The molecule has 32 heavy (non-hydrogen) atoms. The van der Waals surface area contributed by atoms with Crippen molar-refractivity contribution in [3.63, 3.8) is 0 Å². The molecule has 1 aromatic carbocycles. The molecule has 3 rings (SSSR count). The first kappa shape index (κ1) is 24.3. The SMILES string of the molecule is NC(CCCCB(O)O)(C(=O)O)C1CCN(c2cc(C(F)(F)F)nc3ccccc23)CC1. The number of benzene rings is 1. The highest BCUT2D eigenvalue weighted by molar-refractivity contribution is 6.40. The quantitative estimate of drug-likeness (QED) is 0.359. The zero-order chi connectivity index (χ0) is 23.5. The maximum Gasteiger partial charge on any atom is 0.451 e. The van der Waals surface area contributed by atoms with Crippen molar-refractivity contribution < 1.29 is 33.1 Å². The van der Waals surface area contributed by atoms with Gasteiger partial charge < -0.3 is 25.8 Å². The first-order valence-electron chi connectivity index (χ1n) is 10.6. The van der Waals surface area contributed by atoms with Crippen LogP contribution in [-0.4, -0.2) is 51.9 Å². The summed E-state index contributed by atoms with van der Waals surface area (Å²) < 4.78 is 40.1. The summed E-state index contributed by atoms with van der Waals surface area (Å²) in [5, 5.41) is 28.3. The van der Waals surface area contributed by atoms with Crippen LogP contribution in [0.15, 0.2) is 30.3 Å². The fourth-order valence-corrected chi connectivity index (χ4v) is 4.43. The van der Waals surface area contributed by atoms with Crippen LogP contribution in [0.5, 0.6) is 0 Å². The zero-order valence-electron chi connectivity index (χ0n) is 17.6. The molecule has 1 unspecified atom stereocenters. The van der Waals surface area contributed by atoms with Gasteiger partial charge in [-0.2, -0.15) is 13.2 Å². The van der Waals surface area contributed by atoms with E-state index in [0.29, 0.717) is 49.8 Å². The van der Waals surface area contributed by atoms with Gasteiger partial charge in [0.25, 0.3) is 0 Å². The number of aromatic nitrogens is 1. The number of rotatable bonds is 8. The van der Waals surface area contributed by atoms with E-state index >= 15 is 0 Å². The first-order chi connectivity index (χ1) is 15.0. The molecular weight excluding hydrogens is 426 g/mol. The van der Waals surface area contributed by atoms with Gasteiger partial charge in [-0.05, 0) is 43.6 Å². The largest absolute Gasteiger partial charge is 0.480 e. The summed E-state index contributed by atoms with van der Waals surface area (Å²) in [6, 6.07) is 7.70. The van der Waals surface area contributed by atoms with Crippen molar-refractivity contribution in [2.45, 2.75) is 50.1 Å². The molecule has 1 aliphatic heterocycles. The minimum Gasteiger partial charge on any atom is -0.480 e. The number of alkyl halides is 3. The standard InChI is InChI=1S/C21H27BF3N3O4/c23-21(24,25)18-13-17(15-5-1-2-6-16(15)27-18)28-11-7-14(8-12-28)20(26,19(29)30)9-3-4-10-22(31)32/h1-2,5-6,13-14,31-32H,3-4,7-12,26H2,(H,29,30). The molecule has 0 spiro atoms. The van der Waals surface area contributed by atoms with Crippen molar-refractivity contribution in [1.29, 1.82) is 0 Å². The number of hydrogen-bond donors (Lipinski definition) is 4.